The lowest BCUT2D eigenvalue weighted by Crippen LogP contribution is -2.40. The molecule has 0 aliphatic heterocycles. The number of hydrogen-bond acceptors (Lipinski definition) is 4. The summed E-state index contributed by atoms with van der Waals surface area (Å²) in [5.41, 5.74) is 5.51. The molecule has 1 atom stereocenters. The van der Waals surface area contributed by atoms with Crippen LogP contribution in [-0.2, 0) is 20.9 Å². The van der Waals surface area contributed by atoms with Crippen LogP contribution in [0.5, 0.6) is 0 Å². The highest BCUT2D eigenvalue weighted by Gasteiger charge is 2.29. The topological polar surface area (TPSA) is 84.9 Å². The standard InChI is InChI=1S/C26H25NO5/c28-25(29)14-19(16-31-15-18-8-2-1-3-9-18)27-26(30)32-17-24-22-12-6-4-10-20(22)21-11-5-7-13-23(21)24/h1-13,19,24H,14-17H2,(H,27,30)(H,28,29)/t19-/m0/s1. The van der Waals surface area contributed by atoms with Crippen molar-refractivity contribution in [3.8, 4) is 11.1 Å². The van der Waals surface area contributed by atoms with Gasteiger partial charge in [0.25, 0.3) is 0 Å². The number of aliphatic carboxylic acids is 1. The van der Waals surface area contributed by atoms with Gasteiger partial charge in [0.1, 0.15) is 6.61 Å². The monoisotopic (exact) mass is 431 g/mol. The van der Waals surface area contributed by atoms with Crippen LogP contribution in [0.4, 0.5) is 4.79 Å². The third kappa shape index (κ3) is 5.15. The largest absolute Gasteiger partial charge is 0.481 e. The number of carboxylic acids is 1. The lowest BCUT2D eigenvalue weighted by atomic mass is 9.98. The number of alkyl carbamates (subject to hydrolysis) is 1. The average molecular weight is 431 g/mol. The molecule has 0 saturated heterocycles. The van der Waals surface area contributed by atoms with Crippen LogP contribution in [-0.4, -0.2) is 36.4 Å². The molecule has 3 aromatic carbocycles. The summed E-state index contributed by atoms with van der Waals surface area (Å²) in [7, 11) is 0. The van der Waals surface area contributed by atoms with E-state index in [0.29, 0.717) is 6.61 Å². The zero-order chi connectivity index (χ0) is 22.3. The summed E-state index contributed by atoms with van der Waals surface area (Å²) in [4.78, 5) is 23.7. The Balaban J connectivity index is 1.34. The van der Waals surface area contributed by atoms with Crippen LogP contribution in [0.3, 0.4) is 0 Å². The number of hydrogen-bond donors (Lipinski definition) is 2. The first-order chi connectivity index (χ1) is 15.6. The number of carboxylic acid groups (broad SMARTS) is 1. The minimum atomic E-state index is -1.02. The van der Waals surface area contributed by atoms with Crippen LogP contribution < -0.4 is 5.32 Å². The molecule has 0 saturated carbocycles. The molecule has 1 aliphatic rings. The Bertz CT molecular complexity index is 1040. The zero-order valence-corrected chi connectivity index (χ0v) is 17.6. The van der Waals surface area contributed by atoms with E-state index in [-0.39, 0.29) is 25.6 Å². The van der Waals surface area contributed by atoms with Crippen LogP contribution >= 0.6 is 0 Å². The molecular formula is C26H25NO5. The van der Waals surface area contributed by atoms with Crippen molar-refractivity contribution in [3.05, 3.63) is 95.6 Å². The van der Waals surface area contributed by atoms with Crippen molar-refractivity contribution < 1.29 is 24.2 Å². The molecule has 0 unspecified atom stereocenters. The van der Waals surface area contributed by atoms with Crippen molar-refractivity contribution in [2.75, 3.05) is 13.2 Å². The molecule has 0 aromatic heterocycles. The van der Waals surface area contributed by atoms with E-state index >= 15 is 0 Å². The SMILES string of the molecule is O=C(O)C[C@@H](COCc1ccccc1)NC(=O)OCC1c2ccccc2-c2ccccc21. The number of amides is 1. The van der Waals surface area contributed by atoms with Crippen molar-refractivity contribution in [2.45, 2.75) is 25.0 Å². The van der Waals surface area contributed by atoms with Crippen molar-refractivity contribution in [1.82, 2.24) is 5.32 Å². The molecular weight excluding hydrogens is 406 g/mol. The Kier molecular flexibility index (Phi) is 6.82. The molecule has 1 aliphatic carbocycles. The second kappa shape index (κ2) is 10.1. The van der Waals surface area contributed by atoms with Gasteiger partial charge < -0.3 is 19.9 Å². The molecule has 0 radical (unpaired) electrons. The molecule has 1 amide bonds. The van der Waals surface area contributed by atoms with Gasteiger partial charge in [-0.2, -0.15) is 0 Å². The van der Waals surface area contributed by atoms with Crippen molar-refractivity contribution in [2.24, 2.45) is 0 Å². The normalized spacial score (nSPS) is 13.1. The maximum atomic E-state index is 12.5. The second-order valence-electron chi connectivity index (χ2n) is 7.77. The number of carbonyl (C=O) groups is 2. The number of benzene rings is 3. The molecule has 0 bridgehead atoms. The maximum absolute atomic E-state index is 12.5. The van der Waals surface area contributed by atoms with Gasteiger partial charge in [-0.1, -0.05) is 78.9 Å². The van der Waals surface area contributed by atoms with Gasteiger partial charge in [-0.3, -0.25) is 4.79 Å². The van der Waals surface area contributed by atoms with Gasteiger partial charge in [0.2, 0.25) is 0 Å². The Hall–Kier alpha value is -3.64. The fraction of sp³-hybridized carbons (Fsp3) is 0.231. The molecule has 0 spiro atoms. The molecule has 2 N–H and O–H groups in total. The van der Waals surface area contributed by atoms with Crippen LogP contribution in [0, 0.1) is 0 Å². The summed E-state index contributed by atoms with van der Waals surface area (Å²) >= 11 is 0. The highest BCUT2D eigenvalue weighted by atomic mass is 16.5. The zero-order valence-electron chi connectivity index (χ0n) is 17.6. The third-order valence-corrected chi connectivity index (χ3v) is 5.52. The quantitative estimate of drug-likeness (QED) is 0.518. The molecule has 0 heterocycles. The molecule has 32 heavy (non-hydrogen) atoms. The van der Waals surface area contributed by atoms with Gasteiger partial charge in [-0.05, 0) is 27.8 Å². The fourth-order valence-corrected chi connectivity index (χ4v) is 4.06. The lowest BCUT2D eigenvalue weighted by Gasteiger charge is -2.19. The van der Waals surface area contributed by atoms with E-state index in [4.69, 9.17) is 9.47 Å². The Morgan fingerprint density at radius 1 is 0.875 bits per heavy atom. The van der Waals surface area contributed by atoms with Crippen LogP contribution in [0.1, 0.15) is 29.0 Å². The average Bonchev–Trinajstić information content (AvgIpc) is 3.12. The van der Waals surface area contributed by atoms with E-state index in [1.807, 2.05) is 66.7 Å². The first kappa shape index (κ1) is 21.6. The molecule has 0 fully saturated rings. The number of rotatable bonds is 9. The fourth-order valence-electron chi connectivity index (χ4n) is 4.06. The lowest BCUT2D eigenvalue weighted by molar-refractivity contribution is -0.137. The van der Waals surface area contributed by atoms with Gasteiger partial charge in [0.15, 0.2) is 0 Å². The first-order valence-electron chi connectivity index (χ1n) is 10.6. The van der Waals surface area contributed by atoms with Crippen LogP contribution in [0.15, 0.2) is 78.9 Å². The van der Waals surface area contributed by atoms with Gasteiger partial charge in [0.05, 0.1) is 25.7 Å². The predicted octanol–water partition coefficient (Wildman–Crippen LogP) is 4.59. The third-order valence-electron chi connectivity index (χ3n) is 5.52. The van der Waals surface area contributed by atoms with E-state index in [1.165, 1.54) is 0 Å². The minimum Gasteiger partial charge on any atom is -0.481 e. The highest BCUT2D eigenvalue weighted by molar-refractivity contribution is 5.79. The van der Waals surface area contributed by atoms with Crippen LogP contribution in [0.25, 0.3) is 11.1 Å². The van der Waals surface area contributed by atoms with E-state index < -0.39 is 18.1 Å². The van der Waals surface area contributed by atoms with Crippen molar-refractivity contribution >= 4 is 12.1 Å². The molecule has 164 valence electrons. The molecule has 3 aromatic rings. The smallest absolute Gasteiger partial charge is 0.407 e. The molecule has 6 heteroatoms. The number of nitrogens with one attached hydrogen (secondary N) is 1. The van der Waals surface area contributed by atoms with Gasteiger partial charge in [-0.25, -0.2) is 4.79 Å². The van der Waals surface area contributed by atoms with E-state index in [0.717, 1.165) is 27.8 Å². The summed E-state index contributed by atoms with van der Waals surface area (Å²) in [5, 5.41) is 11.8. The number of fused-ring (bicyclic) bond motifs is 3. The van der Waals surface area contributed by atoms with Crippen molar-refractivity contribution in [1.29, 1.82) is 0 Å². The van der Waals surface area contributed by atoms with Gasteiger partial charge in [0, 0.05) is 5.92 Å². The Morgan fingerprint density at radius 2 is 1.47 bits per heavy atom. The van der Waals surface area contributed by atoms with Crippen molar-refractivity contribution in [3.63, 3.8) is 0 Å². The highest BCUT2D eigenvalue weighted by Crippen LogP contribution is 2.44. The summed E-state index contributed by atoms with van der Waals surface area (Å²) in [6.45, 7) is 0.583. The first-order valence-corrected chi connectivity index (χ1v) is 10.6. The molecule has 6 nitrogen and oxygen atoms in total. The second-order valence-corrected chi connectivity index (χ2v) is 7.77. The van der Waals surface area contributed by atoms with E-state index in [2.05, 4.69) is 17.4 Å². The summed E-state index contributed by atoms with van der Waals surface area (Å²) in [6.07, 6.45) is -0.902. The van der Waals surface area contributed by atoms with Gasteiger partial charge >= 0.3 is 12.1 Å². The van der Waals surface area contributed by atoms with Gasteiger partial charge in [-0.15, -0.1) is 0 Å². The maximum Gasteiger partial charge on any atom is 0.407 e. The number of carbonyl (C=O) groups excluding carboxylic acids is 1. The molecule has 4 rings (SSSR count). The van der Waals surface area contributed by atoms with Crippen LogP contribution in [0.2, 0.25) is 0 Å². The summed E-state index contributed by atoms with van der Waals surface area (Å²) < 4.78 is 11.1. The summed E-state index contributed by atoms with van der Waals surface area (Å²) in [5.74, 6) is -1.07. The Morgan fingerprint density at radius 3 is 2.09 bits per heavy atom. The number of ether oxygens (including phenoxy) is 2. The Labute approximate surface area is 186 Å². The van der Waals surface area contributed by atoms with E-state index in [9.17, 15) is 14.7 Å². The summed E-state index contributed by atoms with van der Waals surface area (Å²) in [6, 6.07) is 25.1. The predicted molar refractivity (Wildman–Crippen MR) is 120 cm³/mol. The van der Waals surface area contributed by atoms with E-state index in [1.54, 1.807) is 0 Å². The minimum absolute atomic E-state index is 0.0552.